The van der Waals surface area contributed by atoms with Gasteiger partial charge >= 0.3 is 0 Å². The Morgan fingerprint density at radius 3 is 2.77 bits per heavy atom. The minimum absolute atomic E-state index is 0.232. The van der Waals surface area contributed by atoms with E-state index in [2.05, 4.69) is 15.2 Å². The molecule has 1 saturated heterocycles. The van der Waals surface area contributed by atoms with Crippen molar-refractivity contribution in [2.24, 2.45) is 0 Å². The topological polar surface area (TPSA) is 85.3 Å². The summed E-state index contributed by atoms with van der Waals surface area (Å²) in [6.07, 6.45) is 4.42. The van der Waals surface area contributed by atoms with Crippen LogP contribution in [0.15, 0.2) is 59.8 Å². The van der Waals surface area contributed by atoms with Crippen LogP contribution in [0.3, 0.4) is 0 Å². The van der Waals surface area contributed by atoms with E-state index in [4.69, 9.17) is 4.74 Å². The van der Waals surface area contributed by atoms with Gasteiger partial charge < -0.3 is 4.74 Å². The molecule has 0 bridgehead atoms. The molecule has 1 fully saturated rings. The standard InChI is InChI=1S/C18H18N4O3S/c23-26(24,16-8-1-5-14-6-2-10-19-18(14)16)22-12-4-7-15(13-22)25-17-9-3-11-20-21-17/h1-3,5-6,8-11,15H,4,7,12-13H2. The number of sulfonamides is 1. The summed E-state index contributed by atoms with van der Waals surface area (Å²) < 4.78 is 33.7. The van der Waals surface area contributed by atoms with Crippen LogP contribution in [0.25, 0.3) is 10.9 Å². The molecule has 0 radical (unpaired) electrons. The number of piperidine rings is 1. The molecule has 0 N–H and O–H groups in total. The van der Waals surface area contributed by atoms with Gasteiger partial charge in [-0.3, -0.25) is 4.98 Å². The predicted octanol–water partition coefficient (Wildman–Crippen LogP) is 2.26. The molecule has 1 aliphatic rings. The number of nitrogens with zero attached hydrogens (tertiary/aromatic N) is 4. The molecular formula is C18H18N4O3S. The lowest BCUT2D eigenvalue weighted by molar-refractivity contribution is 0.123. The molecule has 0 aliphatic carbocycles. The molecule has 0 saturated carbocycles. The van der Waals surface area contributed by atoms with Crippen LogP contribution >= 0.6 is 0 Å². The van der Waals surface area contributed by atoms with Crippen molar-refractivity contribution < 1.29 is 13.2 Å². The smallest absolute Gasteiger partial charge is 0.245 e. The van der Waals surface area contributed by atoms with Crippen LogP contribution in [-0.4, -0.2) is 47.1 Å². The van der Waals surface area contributed by atoms with Gasteiger partial charge in [-0.25, -0.2) is 8.42 Å². The maximum absolute atomic E-state index is 13.2. The Kier molecular flexibility index (Phi) is 4.52. The van der Waals surface area contributed by atoms with Gasteiger partial charge in [0.15, 0.2) is 0 Å². The highest BCUT2D eigenvalue weighted by Crippen LogP contribution is 2.27. The molecule has 0 amide bonds. The van der Waals surface area contributed by atoms with Crippen LogP contribution in [0.2, 0.25) is 0 Å². The summed E-state index contributed by atoms with van der Waals surface area (Å²) in [5.74, 6) is 0.406. The first-order valence-corrected chi connectivity index (χ1v) is 9.87. The Bertz CT molecular complexity index is 1010. The van der Waals surface area contributed by atoms with Gasteiger partial charge in [0.2, 0.25) is 15.9 Å². The van der Waals surface area contributed by atoms with E-state index in [-0.39, 0.29) is 17.5 Å². The minimum atomic E-state index is -3.66. The van der Waals surface area contributed by atoms with Gasteiger partial charge in [0.25, 0.3) is 0 Å². The highest BCUT2D eigenvalue weighted by molar-refractivity contribution is 7.89. The van der Waals surface area contributed by atoms with Crippen molar-refractivity contribution in [2.75, 3.05) is 13.1 Å². The van der Waals surface area contributed by atoms with Gasteiger partial charge in [-0.2, -0.15) is 9.40 Å². The first-order valence-electron chi connectivity index (χ1n) is 8.43. The van der Waals surface area contributed by atoms with Crippen molar-refractivity contribution >= 4 is 20.9 Å². The van der Waals surface area contributed by atoms with Crippen LogP contribution in [0, 0.1) is 0 Å². The van der Waals surface area contributed by atoms with E-state index in [1.165, 1.54) is 4.31 Å². The van der Waals surface area contributed by atoms with Gasteiger partial charge in [0.1, 0.15) is 11.0 Å². The maximum Gasteiger partial charge on any atom is 0.245 e. The van der Waals surface area contributed by atoms with Crippen molar-refractivity contribution in [2.45, 2.75) is 23.8 Å². The zero-order valence-corrected chi connectivity index (χ0v) is 14.8. The fourth-order valence-corrected chi connectivity index (χ4v) is 4.84. The number of hydrogen-bond acceptors (Lipinski definition) is 6. The Morgan fingerprint density at radius 1 is 1.08 bits per heavy atom. The van der Waals surface area contributed by atoms with E-state index in [1.807, 2.05) is 12.1 Å². The van der Waals surface area contributed by atoms with E-state index in [0.29, 0.717) is 17.9 Å². The second kappa shape index (κ2) is 6.97. The lowest BCUT2D eigenvalue weighted by Gasteiger charge is -2.31. The minimum Gasteiger partial charge on any atom is -0.472 e. The Morgan fingerprint density at radius 2 is 1.92 bits per heavy atom. The van der Waals surface area contributed by atoms with Crippen molar-refractivity contribution in [3.63, 3.8) is 0 Å². The molecule has 134 valence electrons. The predicted molar refractivity (Wildman–Crippen MR) is 96.2 cm³/mol. The molecule has 4 rings (SSSR count). The molecule has 1 aromatic carbocycles. The summed E-state index contributed by atoms with van der Waals surface area (Å²) in [6, 6.07) is 12.3. The zero-order valence-electron chi connectivity index (χ0n) is 14.0. The maximum atomic E-state index is 13.2. The third-order valence-corrected chi connectivity index (χ3v) is 6.29. The first-order chi connectivity index (χ1) is 12.6. The monoisotopic (exact) mass is 370 g/mol. The molecule has 8 heteroatoms. The summed E-state index contributed by atoms with van der Waals surface area (Å²) in [5, 5.41) is 8.50. The molecule has 7 nitrogen and oxygen atoms in total. The first kappa shape index (κ1) is 16.9. The van der Waals surface area contributed by atoms with Crippen molar-refractivity contribution in [1.29, 1.82) is 0 Å². The number of rotatable bonds is 4. The summed E-state index contributed by atoms with van der Waals surface area (Å²) in [5.41, 5.74) is 0.493. The van der Waals surface area contributed by atoms with Gasteiger partial charge in [-0.1, -0.05) is 18.2 Å². The highest BCUT2D eigenvalue weighted by Gasteiger charge is 2.32. The largest absolute Gasteiger partial charge is 0.472 e. The van der Waals surface area contributed by atoms with Crippen molar-refractivity contribution in [1.82, 2.24) is 19.5 Å². The lowest BCUT2D eigenvalue weighted by atomic mass is 10.1. The van der Waals surface area contributed by atoms with Gasteiger partial charge in [-0.15, -0.1) is 5.10 Å². The van der Waals surface area contributed by atoms with Crippen molar-refractivity contribution in [3.05, 3.63) is 54.9 Å². The zero-order chi connectivity index (χ0) is 18.0. The Labute approximate surface area is 151 Å². The van der Waals surface area contributed by atoms with Crippen molar-refractivity contribution in [3.8, 4) is 5.88 Å². The molecule has 2 aromatic heterocycles. The number of ether oxygens (including phenoxy) is 1. The number of fused-ring (bicyclic) bond motifs is 1. The molecule has 1 unspecified atom stereocenters. The molecule has 3 heterocycles. The molecule has 26 heavy (non-hydrogen) atoms. The number of aromatic nitrogens is 3. The third kappa shape index (κ3) is 3.25. The average molecular weight is 370 g/mol. The van der Waals surface area contributed by atoms with E-state index < -0.39 is 10.0 Å². The van der Waals surface area contributed by atoms with Gasteiger partial charge in [0, 0.05) is 30.4 Å². The van der Waals surface area contributed by atoms with E-state index in [1.54, 1.807) is 42.7 Å². The number of benzene rings is 1. The fourth-order valence-electron chi connectivity index (χ4n) is 3.16. The number of pyridine rings is 1. The highest BCUT2D eigenvalue weighted by atomic mass is 32.2. The quantitative estimate of drug-likeness (QED) is 0.700. The van der Waals surface area contributed by atoms with E-state index in [9.17, 15) is 8.42 Å². The van der Waals surface area contributed by atoms with Crippen LogP contribution in [-0.2, 0) is 10.0 Å². The molecule has 0 spiro atoms. The normalized spacial score (nSPS) is 18.7. The molecular weight excluding hydrogens is 352 g/mol. The summed E-state index contributed by atoms with van der Waals surface area (Å²) in [7, 11) is -3.66. The second-order valence-corrected chi connectivity index (χ2v) is 8.04. The van der Waals surface area contributed by atoms with Gasteiger partial charge in [0.05, 0.1) is 12.1 Å². The number of hydrogen-bond donors (Lipinski definition) is 0. The molecule has 3 aromatic rings. The fraction of sp³-hybridized carbons (Fsp3) is 0.278. The second-order valence-electron chi connectivity index (χ2n) is 6.14. The average Bonchev–Trinajstić information content (AvgIpc) is 2.68. The molecule has 1 aliphatic heterocycles. The van der Waals surface area contributed by atoms with E-state index >= 15 is 0 Å². The van der Waals surface area contributed by atoms with Crippen LogP contribution in [0.5, 0.6) is 5.88 Å². The summed E-state index contributed by atoms with van der Waals surface area (Å²) >= 11 is 0. The summed E-state index contributed by atoms with van der Waals surface area (Å²) in [4.78, 5) is 4.51. The van der Waals surface area contributed by atoms with Gasteiger partial charge in [-0.05, 0) is 31.0 Å². The van der Waals surface area contributed by atoms with E-state index in [0.717, 1.165) is 18.2 Å². The molecule has 1 atom stereocenters. The number of para-hydroxylation sites is 1. The lowest BCUT2D eigenvalue weighted by Crippen LogP contribution is -2.44. The van der Waals surface area contributed by atoms with Crippen LogP contribution in [0.4, 0.5) is 0 Å². The van der Waals surface area contributed by atoms with Crippen LogP contribution in [0.1, 0.15) is 12.8 Å². The Balaban J connectivity index is 1.61. The SMILES string of the molecule is O=S(=O)(c1cccc2cccnc12)N1CCCC(Oc2cccnn2)C1. The third-order valence-electron chi connectivity index (χ3n) is 4.39. The summed E-state index contributed by atoms with van der Waals surface area (Å²) in [6.45, 7) is 0.744. The Hall–Kier alpha value is -2.58. The van der Waals surface area contributed by atoms with Crippen LogP contribution < -0.4 is 4.74 Å².